The molecule has 3 aromatic rings. The molecule has 5 nitrogen and oxygen atoms in total. The molecule has 0 radical (unpaired) electrons. The average molecular weight is 428 g/mol. The van der Waals surface area contributed by atoms with Crippen molar-refractivity contribution in [3.63, 3.8) is 0 Å². The summed E-state index contributed by atoms with van der Waals surface area (Å²) in [7, 11) is 0. The lowest BCUT2D eigenvalue weighted by Gasteiger charge is -2.17. The largest absolute Gasteiger partial charge is 0.492 e. The molecule has 0 saturated heterocycles. The predicted molar refractivity (Wildman–Crippen MR) is 122 cm³/mol. The molecule has 1 amide bonds. The van der Waals surface area contributed by atoms with Crippen molar-refractivity contribution in [3.05, 3.63) is 58.4 Å². The zero-order chi connectivity index (χ0) is 21.9. The van der Waals surface area contributed by atoms with Crippen molar-refractivity contribution in [3.8, 4) is 5.75 Å². The summed E-state index contributed by atoms with van der Waals surface area (Å²) in [6, 6.07) is 12.0. The number of nitrogens with zero attached hydrogens (tertiary/aromatic N) is 2. The lowest BCUT2D eigenvalue weighted by Crippen LogP contribution is -2.36. The lowest BCUT2D eigenvalue weighted by molar-refractivity contribution is -0.128. The Bertz CT molecular complexity index is 1030. The van der Waals surface area contributed by atoms with Crippen LogP contribution in [0.4, 0.5) is 0 Å². The van der Waals surface area contributed by atoms with E-state index in [-0.39, 0.29) is 5.91 Å². The van der Waals surface area contributed by atoms with E-state index in [1.165, 1.54) is 0 Å². The third kappa shape index (κ3) is 5.14. The Kier molecular flexibility index (Phi) is 6.71. The molecule has 160 valence electrons. The zero-order valence-corrected chi connectivity index (χ0v) is 19.1. The number of halogens is 1. The number of carbonyl (C=O) groups excluding carboxylic acids is 1. The summed E-state index contributed by atoms with van der Waals surface area (Å²) in [6.45, 7) is 11.4. The van der Waals surface area contributed by atoms with E-state index in [1.54, 1.807) is 0 Å². The number of fused-ring (bicyclic) bond motifs is 1. The monoisotopic (exact) mass is 427 g/mol. The summed E-state index contributed by atoms with van der Waals surface area (Å²) in [4.78, 5) is 16.9. The summed E-state index contributed by atoms with van der Waals surface area (Å²) in [6.07, 6.45) is 0.662. The molecule has 0 bridgehead atoms. The Morgan fingerprint density at radius 1 is 1.17 bits per heavy atom. The van der Waals surface area contributed by atoms with Gasteiger partial charge in [-0.05, 0) is 49.2 Å². The fraction of sp³-hybridized carbons (Fsp3) is 0.417. The minimum atomic E-state index is -0.400. The van der Waals surface area contributed by atoms with E-state index in [1.807, 2.05) is 65.0 Å². The highest BCUT2D eigenvalue weighted by molar-refractivity contribution is 6.32. The van der Waals surface area contributed by atoms with Gasteiger partial charge in [-0.25, -0.2) is 4.98 Å². The Morgan fingerprint density at radius 3 is 2.50 bits per heavy atom. The number of amides is 1. The minimum Gasteiger partial charge on any atom is -0.492 e. The molecule has 0 saturated carbocycles. The van der Waals surface area contributed by atoms with Gasteiger partial charge in [0.15, 0.2) is 0 Å². The number of rotatable bonds is 7. The first-order chi connectivity index (χ1) is 14.2. The average Bonchev–Trinajstić information content (AvgIpc) is 3.03. The van der Waals surface area contributed by atoms with Crippen LogP contribution in [0.3, 0.4) is 0 Å². The maximum atomic E-state index is 12.2. The molecule has 1 N–H and O–H groups in total. The fourth-order valence-corrected chi connectivity index (χ4v) is 3.47. The van der Waals surface area contributed by atoms with Crippen LogP contribution in [-0.4, -0.2) is 28.6 Å². The summed E-state index contributed by atoms with van der Waals surface area (Å²) in [5.74, 6) is 1.80. The molecule has 0 unspecified atom stereocenters. The Balaban J connectivity index is 1.71. The van der Waals surface area contributed by atoms with Gasteiger partial charge in [0.05, 0.1) is 17.6 Å². The SMILES string of the molecule is Cc1cc(OCCn2c(CCNC(=O)C(C)(C)C)nc3ccccc32)cc(C)c1Cl. The number of benzene rings is 2. The van der Waals surface area contributed by atoms with E-state index in [0.29, 0.717) is 26.1 Å². The van der Waals surface area contributed by atoms with E-state index in [4.69, 9.17) is 21.3 Å². The number of imidazole rings is 1. The van der Waals surface area contributed by atoms with Gasteiger partial charge >= 0.3 is 0 Å². The topological polar surface area (TPSA) is 56.1 Å². The van der Waals surface area contributed by atoms with Gasteiger partial charge in [-0.2, -0.15) is 0 Å². The summed E-state index contributed by atoms with van der Waals surface area (Å²) in [5, 5.41) is 3.79. The third-order valence-electron chi connectivity index (χ3n) is 5.04. The summed E-state index contributed by atoms with van der Waals surface area (Å²) >= 11 is 6.25. The van der Waals surface area contributed by atoms with Crippen LogP contribution in [0.25, 0.3) is 11.0 Å². The molecule has 0 aliphatic rings. The van der Waals surface area contributed by atoms with Gasteiger partial charge in [0.2, 0.25) is 5.91 Å². The maximum Gasteiger partial charge on any atom is 0.225 e. The molecule has 30 heavy (non-hydrogen) atoms. The van der Waals surface area contributed by atoms with Crippen molar-refractivity contribution >= 4 is 28.5 Å². The Hall–Kier alpha value is -2.53. The zero-order valence-electron chi connectivity index (χ0n) is 18.4. The molecule has 0 aliphatic heterocycles. The first-order valence-corrected chi connectivity index (χ1v) is 10.7. The highest BCUT2D eigenvalue weighted by atomic mass is 35.5. The third-order valence-corrected chi connectivity index (χ3v) is 5.64. The summed E-state index contributed by atoms with van der Waals surface area (Å²) in [5.41, 5.74) is 3.64. The Labute approximate surface area is 183 Å². The maximum absolute atomic E-state index is 12.2. The lowest BCUT2D eigenvalue weighted by atomic mass is 9.96. The van der Waals surface area contributed by atoms with Crippen LogP contribution in [-0.2, 0) is 17.8 Å². The molecule has 3 rings (SSSR count). The number of hydrogen-bond donors (Lipinski definition) is 1. The minimum absolute atomic E-state index is 0.0435. The smallest absolute Gasteiger partial charge is 0.225 e. The van der Waals surface area contributed by atoms with Crippen molar-refractivity contribution in [2.75, 3.05) is 13.2 Å². The quantitative estimate of drug-likeness (QED) is 0.571. The molecule has 0 atom stereocenters. The number of aromatic nitrogens is 2. The van der Waals surface area contributed by atoms with Crippen molar-refractivity contribution in [2.45, 2.75) is 47.6 Å². The number of para-hydroxylation sites is 2. The predicted octanol–water partition coefficient (Wildman–Crippen LogP) is 5.09. The van der Waals surface area contributed by atoms with E-state index in [9.17, 15) is 4.79 Å². The second kappa shape index (κ2) is 9.09. The summed E-state index contributed by atoms with van der Waals surface area (Å²) < 4.78 is 8.19. The second-order valence-corrected chi connectivity index (χ2v) is 9.02. The molecule has 1 heterocycles. The van der Waals surface area contributed by atoms with Crippen LogP contribution in [0.2, 0.25) is 5.02 Å². The van der Waals surface area contributed by atoms with Gasteiger partial charge < -0.3 is 14.6 Å². The van der Waals surface area contributed by atoms with E-state index in [0.717, 1.165) is 38.8 Å². The molecule has 0 fully saturated rings. The van der Waals surface area contributed by atoms with Crippen molar-refractivity contribution in [2.24, 2.45) is 5.41 Å². The van der Waals surface area contributed by atoms with Crippen molar-refractivity contribution in [1.82, 2.24) is 14.9 Å². The molecule has 0 spiro atoms. The van der Waals surface area contributed by atoms with E-state index in [2.05, 4.69) is 16.0 Å². The van der Waals surface area contributed by atoms with Gasteiger partial charge in [-0.3, -0.25) is 4.79 Å². The second-order valence-electron chi connectivity index (χ2n) is 8.64. The molecular formula is C24H30ClN3O2. The van der Waals surface area contributed by atoms with Crippen molar-refractivity contribution < 1.29 is 9.53 Å². The fourth-order valence-electron chi connectivity index (χ4n) is 3.36. The molecule has 1 aromatic heterocycles. The van der Waals surface area contributed by atoms with Gasteiger partial charge in [0, 0.05) is 23.4 Å². The first kappa shape index (κ1) is 22.2. The van der Waals surface area contributed by atoms with Crippen LogP contribution < -0.4 is 10.1 Å². The van der Waals surface area contributed by atoms with Crippen LogP contribution in [0, 0.1) is 19.3 Å². The van der Waals surface area contributed by atoms with Gasteiger partial charge in [-0.15, -0.1) is 0 Å². The molecule has 0 aliphatic carbocycles. The number of carbonyl (C=O) groups is 1. The number of hydrogen-bond acceptors (Lipinski definition) is 3. The van der Waals surface area contributed by atoms with Gasteiger partial charge in [-0.1, -0.05) is 44.5 Å². The van der Waals surface area contributed by atoms with Gasteiger partial charge in [0.1, 0.15) is 18.2 Å². The highest BCUT2D eigenvalue weighted by Gasteiger charge is 2.20. The van der Waals surface area contributed by atoms with Crippen LogP contribution >= 0.6 is 11.6 Å². The van der Waals surface area contributed by atoms with E-state index >= 15 is 0 Å². The van der Waals surface area contributed by atoms with Crippen molar-refractivity contribution in [1.29, 1.82) is 0 Å². The number of nitrogens with one attached hydrogen (secondary N) is 1. The number of ether oxygens (including phenoxy) is 1. The molecule has 6 heteroatoms. The first-order valence-electron chi connectivity index (χ1n) is 10.3. The molecule has 2 aromatic carbocycles. The van der Waals surface area contributed by atoms with Crippen LogP contribution in [0.15, 0.2) is 36.4 Å². The standard InChI is InChI=1S/C24H30ClN3O2/c1-16-14-18(15-17(2)22(16)25)30-13-12-28-20-9-7-6-8-19(20)27-21(28)10-11-26-23(29)24(3,4)5/h6-9,14-15H,10-13H2,1-5H3,(H,26,29). The normalized spacial score (nSPS) is 11.7. The Morgan fingerprint density at radius 2 is 1.83 bits per heavy atom. The highest BCUT2D eigenvalue weighted by Crippen LogP contribution is 2.26. The number of aryl methyl sites for hydroxylation is 2. The van der Waals surface area contributed by atoms with Crippen LogP contribution in [0.1, 0.15) is 37.7 Å². The molecular weight excluding hydrogens is 398 g/mol. The van der Waals surface area contributed by atoms with Gasteiger partial charge in [0.25, 0.3) is 0 Å². The van der Waals surface area contributed by atoms with Crippen LogP contribution in [0.5, 0.6) is 5.75 Å². The van der Waals surface area contributed by atoms with E-state index < -0.39 is 5.41 Å².